The van der Waals surface area contributed by atoms with E-state index in [1.807, 2.05) is 6.07 Å². The molecule has 1 aromatic heterocycles. The Labute approximate surface area is 93.9 Å². The number of nitrogens with one attached hydrogen (secondary N) is 1. The molecule has 0 spiro atoms. The van der Waals surface area contributed by atoms with Crippen LogP contribution in [0.3, 0.4) is 0 Å². The van der Waals surface area contributed by atoms with Crippen LogP contribution in [-0.2, 0) is 0 Å². The molecule has 0 amide bonds. The number of hydrogen-bond donors (Lipinski definition) is 1. The second kappa shape index (κ2) is 3.00. The molecule has 0 aliphatic heterocycles. The second-order valence-corrected chi connectivity index (χ2v) is 4.93. The van der Waals surface area contributed by atoms with Gasteiger partial charge in [0.15, 0.2) is 11.5 Å². The minimum atomic E-state index is 0.590. The van der Waals surface area contributed by atoms with Gasteiger partial charge >= 0.3 is 0 Å². The highest BCUT2D eigenvalue weighted by Gasteiger charge is 2.29. The summed E-state index contributed by atoms with van der Waals surface area (Å²) in [6.45, 7) is 0. The number of oxazole rings is 1. The topological polar surface area (TPSA) is 38.1 Å². The Morgan fingerprint density at radius 2 is 2.06 bits per heavy atom. The van der Waals surface area contributed by atoms with E-state index in [9.17, 15) is 0 Å². The van der Waals surface area contributed by atoms with E-state index < -0.39 is 0 Å². The Balaban J connectivity index is 1.72. The van der Waals surface area contributed by atoms with E-state index in [2.05, 4.69) is 22.4 Å². The molecule has 1 aromatic carbocycles. The first-order valence-corrected chi connectivity index (χ1v) is 6.05. The highest BCUT2D eigenvalue weighted by Crippen LogP contribution is 2.40. The van der Waals surface area contributed by atoms with Gasteiger partial charge in [-0.25, -0.2) is 4.98 Å². The fourth-order valence-electron chi connectivity index (χ4n) is 2.00. The Kier molecular flexibility index (Phi) is 1.62. The normalized spacial score (nSPS) is 20.2. The van der Waals surface area contributed by atoms with Crippen LogP contribution >= 0.6 is 0 Å². The van der Waals surface area contributed by atoms with E-state index in [4.69, 9.17) is 4.42 Å². The molecule has 2 aromatic rings. The lowest BCUT2D eigenvalue weighted by Crippen LogP contribution is -1.99. The summed E-state index contributed by atoms with van der Waals surface area (Å²) in [5.41, 5.74) is 3.08. The lowest BCUT2D eigenvalue weighted by molar-refractivity contribution is 0.533. The number of aromatic nitrogens is 1. The van der Waals surface area contributed by atoms with Crippen LogP contribution in [-0.4, -0.2) is 11.0 Å². The molecule has 2 saturated carbocycles. The third-order valence-electron chi connectivity index (χ3n) is 3.28. The zero-order valence-corrected chi connectivity index (χ0v) is 9.07. The third-order valence-corrected chi connectivity index (χ3v) is 3.28. The molecular formula is C13H14N2O. The van der Waals surface area contributed by atoms with Crippen molar-refractivity contribution in [2.45, 2.75) is 37.6 Å². The fourth-order valence-corrected chi connectivity index (χ4v) is 2.00. The standard InChI is InChI=1S/C13H14N2O/c1-2-8(1)13-15-11-7-10(14-9-3-4-9)5-6-12(11)16-13/h5-9,14H,1-4H2. The van der Waals surface area contributed by atoms with Crippen LogP contribution in [0.25, 0.3) is 11.1 Å². The number of benzene rings is 1. The number of rotatable bonds is 3. The van der Waals surface area contributed by atoms with Gasteiger partial charge < -0.3 is 9.73 Å². The molecule has 16 heavy (non-hydrogen) atoms. The first-order chi connectivity index (χ1) is 7.88. The summed E-state index contributed by atoms with van der Waals surface area (Å²) in [5, 5.41) is 3.48. The van der Waals surface area contributed by atoms with Gasteiger partial charge in [-0.15, -0.1) is 0 Å². The van der Waals surface area contributed by atoms with Crippen LogP contribution in [0.5, 0.6) is 0 Å². The van der Waals surface area contributed by atoms with Gasteiger partial charge in [0.25, 0.3) is 0 Å². The maximum absolute atomic E-state index is 5.73. The zero-order valence-electron chi connectivity index (χ0n) is 9.07. The monoisotopic (exact) mass is 214 g/mol. The van der Waals surface area contributed by atoms with Crippen molar-refractivity contribution in [1.29, 1.82) is 0 Å². The van der Waals surface area contributed by atoms with Crippen LogP contribution in [0.4, 0.5) is 5.69 Å². The van der Waals surface area contributed by atoms with Gasteiger partial charge in [-0.05, 0) is 43.9 Å². The van der Waals surface area contributed by atoms with Crippen LogP contribution < -0.4 is 5.32 Å². The third kappa shape index (κ3) is 1.47. The average molecular weight is 214 g/mol. The predicted octanol–water partition coefficient (Wildman–Crippen LogP) is 3.28. The number of hydrogen-bond acceptors (Lipinski definition) is 3. The van der Waals surface area contributed by atoms with E-state index in [-0.39, 0.29) is 0 Å². The van der Waals surface area contributed by atoms with Crippen LogP contribution in [0, 0.1) is 0 Å². The molecule has 3 heteroatoms. The van der Waals surface area contributed by atoms with Crippen LogP contribution in [0.15, 0.2) is 22.6 Å². The van der Waals surface area contributed by atoms with E-state index in [1.54, 1.807) is 0 Å². The van der Waals surface area contributed by atoms with Gasteiger partial charge in [-0.2, -0.15) is 0 Å². The first kappa shape index (κ1) is 8.62. The van der Waals surface area contributed by atoms with Crippen molar-refractivity contribution < 1.29 is 4.42 Å². The molecule has 1 N–H and O–H groups in total. The Morgan fingerprint density at radius 3 is 2.81 bits per heavy atom. The Bertz CT molecular complexity index is 538. The van der Waals surface area contributed by atoms with Gasteiger partial charge in [-0.1, -0.05) is 0 Å². The molecule has 1 heterocycles. The average Bonchev–Trinajstić information content (AvgIpc) is 3.17. The SMILES string of the molecule is c1cc2oc(C3CC3)nc2cc1NC1CC1. The van der Waals surface area contributed by atoms with E-state index in [1.165, 1.54) is 31.4 Å². The second-order valence-electron chi connectivity index (χ2n) is 4.93. The summed E-state index contributed by atoms with van der Waals surface area (Å²) in [4.78, 5) is 4.56. The smallest absolute Gasteiger partial charge is 0.198 e. The maximum Gasteiger partial charge on any atom is 0.198 e. The predicted molar refractivity (Wildman–Crippen MR) is 62.6 cm³/mol. The summed E-state index contributed by atoms with van der Waals surface area (Å²) in [6, 6.07) is 6.90. The lowest BCUT2D eigenvalue weighted by atomic mass is 10.3. The van der Waals surface area contributed by atoms with Crippen molar-refractivity contribution >= 4 is 16.8 Å². The minimum Gasteiger partial charge on any atom is -0.440 e. The van der Waals surface area contributed by atoms with Gasteiger partial charge in [0.2, 0.25) is 0 Å². The number of anilines is 1. The van der Waals surface area contributed by atoms with E-state index in [0.717, 1.165) is 17.0 Å². The molecule has 2 fully saturated rings. The van der Waals surface area contributed by atoms with Gasteiger partial charge in [-0.3, -0.25) is 0 Å². The summed E-state index contributed by atoms with van der Waals surface area (Å²) in [7, 11) is 0. The summed E-state index contributed by atoms with van der Waals surface area (Å²) >= 11 is 0. The van der Waals surface area contributed by atoms with Crippen molar-refractivity contribution in [3.63, 3.8) is 0 Å². The molecule has 0 atom stereocenters. The van der Waals surface area contributed by atoms with Gasteiger partial charge in [0, 0.05) is 17.6 Å². The molecule has 4 rings (SSSR count). The zero-order chi connectivity index (χ0) is 10.5. The van der Waals surface area contributed by atoms with Crippen molar-refractivity contribution in [3.8, 4) is 0 Å². The number of nitrogens with zero attached hydrogens (tertiary/aromatic N) is 1. The Hall–Kier alpha value is -1.51. The molecule has 82 valence electrons. The van der Waals surface area contributed by atoms with E-state index >= 15 is 0 Å². The molecular weight excluding hydrogens is 200 g/mol. The first-order valence-electron chi connectivity index (χ1n) is 6.05. The molecule has 0 unspecified atom stereocenters. The molecule has 0 saturated heterocycles. The van der Waals surface area contributed by atoms with Gasteiger partial charge in [0.1, 0.15) is 5.52 Å². The largest absolute Gasteiger partial charge is 0.440 e. The number of fused-ring (bicyclic) bond motifs is 1. The van der Waals surface area contributed by atoms with Crippen molar-refractivity contribution in [2.24, 2.45) is 0 Å². The van der Waals surface area contributed by atoms with Crippen molar-refractivity contribution in [3.05, 3.63) is 24.1 Å². The van der Waals surface area contributed by atoms with Crippen LogP contribution in [0.1, 0.15) is 37.5 Å². The van der Waals surface area contributed by atoms with Crippen molar-refractivity contribution in [2.75, 3.05) is 5.32 Å². The fraction of sp³-hybridized carbons (Fsp3) is 0.462. The summed E-state index contributed by atoms with van der Waals surface area (Å²) in [6.07, 6.45) is 5.06. The lowest BCUT2D eigenvalue weighted by Gasteiger charge is -2.02. The van der Waals surface area contributed by atoms with Gasteiger partial charge in [0.05, 0.1) is 0 Å². The highest BCUT2D eigenvalue weighted by atomic mass is 16.3. The molecule has 2 aliphatic rings. The quantitative estimate of drug-likeness (QED) is 0.852. The maximum atomic E-state index is 5.73. The highest BCUT2D eigenvalue weighted by molar-refractivity contribution is 5.77. The molecule has 0 bridgehead atoms. The summed E-state index contributed by atoms with van der Waals surface area (Å²) in [5.74, 6) is 1.52. The minimum absolute atomic E-state index is 0.590. The molecule has 2 aliphatic carbocycles. The van der Waals surface area contributed by atoms with E-state index in [0.29, 0.717) is 12.0 Å². The summed E-state index contributed by atoms with van der Waals surface area (Å²) < 4.78 is 5.73. The van der Waals surface area contributed by atoms with Crippen LogP contribution in [0.2, 0.25) is 0 Å². The molecule has 0 radical (unpaired) electrons. The Morgan fingerprint density at radius 1 is 1.19 bits per heavy atom. The molecule has 3 nitrogen and oxygen atoms in total. The van der Waals surface area contributed by atoms with Crippen molar-refractivity contribution in [1.82, 2.24) is 4.98 Å².